The first kappa shape index (κ1) is 19.7. The number of carbonyl (C=O) groups is 1. The molecule has 24 heavy (non-hydrogen) atoms. The number of hydrogen-bond acceptors (Lipinski definition) is 4. The zero-order valence-electron chi connectivity index (χ0n) is 14.9. The summed E-state index contributed by atoms with van der Waals surface area (Å²) in [6.45, 7) is 9.49. The van der Waals surface area contributed by atoms with Gasteiger partial charge in [0.2, 0.25) is 0 Å². The molecule has 1 aromatic carbocycles. The molecule has 0 spiro atoms. The van der Waals surface area contributed by atoms with Crippen molar-refractivity contribution >= 4 is 11.6 Å². The fourth-order valence-corrected chi connectivity index (χ4v) is 1.97. The highest BCUT2D eigenvalue weighted by Gasteiger charge is 2.09. The van der Waals surface area contributed by atoms with Crippen LogP contribution in [0.3, 0.4) is 0 Å². The third-order valence-electron chi connectivity index (χ3n) is 3.36. The highest BCUT2D eigenvalue weighted by atomic mass is 16.5. The molecule has 0 aliphatic carbocycles. The summed E-state index contributed by atoms with van der Waals surface area (Å²) in [5.41, 5.74) is 1.93. The van der Waals surface area contributed by atoms with Crippen LogP contribution in [0.5, 0.6) is 0 Å². The van der Waals surface area contributed by atoms with E-state index in [1.54, 1.807) is 0 Å². The van der Waals surface area contributed by atoms with E-state index < -0.39 is 5.91 Å². The molecule has 5 heteroatoms. The van der Waals surface area contributed by atoms with Crippen LogP contribution in [0.1, 0.15) is 45.6 Å². The molecule has 0 saturated carbocycles. The van der Waals surface area contributed by atoms with E-state index in [4.69, 9.17) is 10.00 Å². The van der Waals surface area contributed by atoms with Crippen molar-refractivity contribution in [3.05, 3.63) is 41.6 Å². The minimum Gasteiger partial charge on any atom is -0.390 e. The Hall–Kier alpha value is -2.32. The molecule has 1 aromatic rings. The Balaban J connectivity index is 2.48. The number of nitrogens with zero attached hydrogens (tertiary/aromatic N) is 1. The molecule has 0 saturated heterocycles. The van der Waals surface area contributed by atoms with E-state index >= 15 is 0 Å². The number of nitriles is 1. The predicted molar refractivity (Wildman–Crippen MR) is 96.6 cm³/mol. The lowest BCUT2D eigenvalue weighted by molar-refractivity contribution is -0.112. The van der Waals surface area contributed by atoms with Gasteiger partial charge in [0.1, 0.15) is 11.6 Å². The van der Waals surface area contributed by atoms with Crippen molar-refractivity contribution in [2.24, 2.45) is 0 Å². The molecule has 2 N–H and O–H groups in total. The standard InChI is InChI=1S/C19H27N3O2/c1-14(2)16-6-8-18(9-7-16)22-19(23)17(12-20)13-21-10-5-11-24-15(3)4/h6-9,13-15,21H,5,10-11H2,1-4H3,(H,22,23)/b17-13-. The van der Waals surface area contributed by atoms with Gasteiger partial charge in [-0.1, -0.05) is 26.0 Å². The van der Waals surface area contributed by atoms with E-state index in [0.717, 1.165) is 6.42 Å². The second kappa shape index (κ2) is 10.5. The largest absolute Gasteiger partial charge is 0.390 e. The van der Waals surface area contributed by atoms with Crippen molar-refractivity contribution in [2.45, 2.75) is 46.1 Å². The minimum atomic E-state index is -0.416. The van der Waals surface area contributed by atoms with E-state index in [-0.39, 0.29) is 11.7 Å². The molecule has 0 radical (unpaired) electrons. The van der Waals surface area contributed by atoms with Gasteiger partial charge in [-0.2, -0.15) is 5.26 Å². The van der Waals surface area contributed by atoms with Gasteiger partial charge >= 0.3 is 0 Å². The fraction of sp³-hybridized carbons (Fsp3) is 0.474. The van der Waals surface area contributed by atoms with Crippen LogP contribution >= 0.6 is 0 Å². The van der Waals surface area contributed by atoms with Gasteiger partial charge in [0, 0.05) is 25.0 Å². The van der Waals surface area contributed by atoms with Crippen LogP contribution in [-0.4, -0.2) is 25.2 Å². The van der Waals surface area contributed by atoms with Crippen molar-refractivity contribution < 1.29 is 9.53 Å². The molecule has 0 aliphatic heterocycles. The summed E-state index contributed by atoms with van der Waals surface area (Å²) in [7, 11) is 0. The van der Waals surface area contributed by atoms with Crippen molar-refractivity contribution in [2.75, 3.05) is 18.5 Å². The van der Waals surface area contributed by atoms with Gasteiger partial charge in [0.05, 0.1) is 6.10 Å². The summed E-state index contributed by atoms with van der Waals surface area (Å²) < 4.78 is 5.42. The normalized spacial score (nSPS) is 11.5. The predicted octanol–water partition coefficient (Wildman–Crippen LogP) is 3.56. The number of hydrogen-bond donors (Lipinski definition) is 2. The Kier molecular flexibility index (Phi) is 8.59. The van der Waals surface area contributed by atoms with Gasteiger partial charge in [0.15, 0.2) is 0 Å². The summed E-state index contributed by atoms with van der Waals surface area (Å²) in [5.74, 6) is 0.0221. The first-order valence-electron chi connectivity index (χ1n) is 8.30. The zero-order chi connectivity index (χ0) is 17.9. The molecule has 0 unspecified atom stereocenters. The number of ether oxygens (including phenoxy) is 1. The molecular formula is C19H27N3O2. The summed E-state index contributed by atoms with van der Waals surface area (Å²) in [4.78, 5) is 12.1. The van der Waals surface area contributed by atoms with E-state index in [0.29, 0.717) is 24.8 Å². The van der Waals surface area contributed by atoms with E-state index in [9.17, 15) is 4.79 Å². The smallest absolute Gasteiger partial charge is 0.267 e. The number of rotatable bonds is 9. The third-order valence-corrected chi connectivity index (χ3v) is 3.36. The Morgan fingerprint density at radius 3 is 2.46 bits per heavy atom. The second-order valence-electron chi connectivity index (χ2n) is 6.13. The summed E-state index contributed by atoms with van der Waals surface area (Å²) >= 11 is 0. The lowest BCUT2D eigenvalue weighted by Gasteiger charge is -2.09. The Morgan fingerprint density at radius 1 is 1.25 bits per heavy atom. The van der Waals surface area contributed by atoms with Crippen LogP contribution in [0.2, 0.25) is 0 Å². The van der Waals surface area contributed by atoms with Gasteiger partial charge in [-0.25, -0.2) is 0 Å². The number of nitrogens with one attached hydrogen (secondary N) is 2. The van der Waals surface area contributed by atoms with Crippen LogP contribution in [0.25, 0.3) is 0 Å². The maximum Gasteiger partial charge on any atom is 0.267 e. The average Bonchev–Trinajstić information content (AvgIpc) is 2.54. The first-order chi connectivity index (χ1) is 11.4. The molecule has 0 atom stereocenters. The van der Waals surface area contributed by atoms with Crippen LogP contribution in [0.15, 0.2) is 36.0 Å². The lowest BCUT2D eigenvalue weighted by Crippen LogP contribution is -2.18. The summed E-state index contributed by atoms with van der Waals surface area (Å²) in [6, 6.07) is 9.56. The SMILES string of the molecule is CC(C)OCCCN/C=C(/C#N)C(=O)Nc1ccc(C(C)C)cc1. The Morgan fingerprint density at radius 2 is 1.92 bits per heavy atom. The summed E-state index contributed by atoms with van der Waals surface area (Å²) in [5, 5.41) is 14.8. The van der Waals surface area contributed by atoms with Gasteiger partial charge in [-0.15, -0.1) is 0 Å². The maximum absolute atomic E-state index is 12.1. The summed E-state index contributed by atoms with van der Waals surface area (Å²) in [6.07, 6.45) is 2.47. The highest BCUT2D eigenvalue weighted by molar-refractivity contribution is 6.06. The van der Waals surface area contributed by atoms with Crippen LogP contribution in [-0.2, 0) is 9.53 Å². The molecular weight excluding hydrogens is 302 g/mol. The van der Waals surface area contributed by atoms with Gasteiger partial charge < -0.3 is 15.4 Å². The van der Waals surface area contributed by atoms with Crippen molar-refractivity contribution in [3.63, 3.8) is 0 Å². The maximum atomic E-state index is 12.1. The second-order valence-corrected chi connectivity index (χ2v) is 6.13. The third kappa shape index (κ3) is 7.30. The first-order valence-corrected chi connectivity index (χ1v) is 8.30. The number of carbonyl (C=O) groups excluding carboxylic acids is 1. The van der Waals surface area contributed by atoms with E-state index in [1.807, 2.05) is 44.2 Å². The molecule has 1 amide bonds. The Labute approximate surface area is 144 Å². The van der Waals surface area contributed by atoms with Gasteiger partial charge in [0.25, 0.3) is 5.91 Å². The molecule has 0 aliphatic rings. The highest BCUT2D eigenvalue weighted by Crippen LogP contribution is 2.17. The molecule has 0 aromatic heterocycles. The van der Waals surface area contributed by atoms with Crippen LogP contribution in [0, 0.1) is 11.3 Å². The lowest BCUT2D eigenvalue weighted by atomic mass is 10.0. The van der Waals surface area contributed by atoms with Crippen LogP contribution < -0.4 is 10.6 Å². The fourth-order valence-electron chi connectivity index (χ4n) is 1.97. The average molecular weight is 329 g/mol. The van der Waals surface area contributed by atoms with Crippen molar-refractivity contribution in [3.8, 4) is 6.07 Å². The molecule has 1 rings (SSSR count). The van der Waals surface area contributed by atoms with Crippen molar-refractivity contribution in [1.29, 1.82) is 5.26 Å². The van der Waals surface area contributed by atoms with E-state index in [1.165, 1.54) is 11.8 Å². The number of anilines is 1. The monoisotopic (exact) mass is 329 g/mol. The van der Waals surface area contributed by atoms with Gasteiger partial charge in [-0.3, -0.25) is 4.79 Å². The topological polar surface area (TPSA) is 74.1 Å². The quantitative estimate of drug-likeness (QED) is 0.413. The zero-order valence-corrected chi connectivity index (χ0v) is 14.9. The van der Waals surface area contributed by atoms with E-state index in [2.05, 4.69) is 24.5 Å². The molecule has 5 nitrogen and oxygen atoms in total. The molecule has 130 valence electrons. The minimum absolute atomic E-state index is 0.0488. The van der Waals surface area contributed by atoms with Gasteiger partial charge in [-0.05, 0) is 43.9 Å². The molecule has 0 fully saturated rings. The Bertz CT molecular complexity index is 584. The van der Waals surface area contributed by atoms with Crippen molar-refractivity contribution in [1.82, 2.24) is 5.32 Å². The molecule has 0 heterocycles. The van der Waals surface area contributed by atoms with Crippen LogP contribution in [0.4, 0.5) is 5.69 Å². The molecule has 0 bridgehead atoms. The number of amides is 1. The number of benzene rings is 1.